The quantitative estimate of drug-likeness (QED) is 0.758. The molecule has 1 amide bonds. The summed E-state index contributed by atoms with van der Waals surface area (Å²) in [6.07, 6.45) is -3.27. The van der Waals surface area contributed by atoms with Gasteiger partial charge in [-0.25, -0.2) is 0 Å². The number of hydrogen-bond donors (Lipinski definition) is 2. The zero-order valence-corrected chi connectivity index (χ0v) is 17.0. The number of aromatic hydroxyl groups is 2. The highest BCUT2D eigenvalue weighted by molar-refractivity contribution is 5.97. The van der Waals surface area contributed by atoms with Crippen molar-refractivity contribution < 1.29 is 32.9 Å². The van der Waals surface area contributed by atoms with E-state index in [0.29, 0.717) is 6.07 Å². The fourth-order valence-corrected chi connectivity index (χ4v) is 4.45. The third-order valence-corrected chi connectivity index (χ3v) is 5.77. The molecule has 0 radical (unpaired) electrons. The van der Waals surface area contributed by atoms with Gasteiger partial charge in [-0.1, -0.05) is 0 Å². The van der Waals surface area contributed by atoms with Crippen molar-refractivity contribution in [3.63, 3.8) is 0 Å². The van der Waals surface area contributed by atoms with E-state index < -0.39 is 40.3 Å². The maximum absolute atomic E-state index is 13.4. The van der Waals surface area contributed by atoms with Gasteiger partial charge in [0.15, 0.2) is 0 Å². The Morgan fingerprint density at radius 3 is 2.35 bits per heavy atom. The lowest BCUT2D eigenvalue weighted by atomic mass is 9.80. The van der Waals surface area contributed by atoms with E-state index in [-0.39, 0.29) is 28.3 Å². The van der Waals surface area contributed by atoms with Gasteiger partial charge < -0.3 is 19.8 Å². The van der Waals surface area contributed by atoms with Gasteiger partial charge in [0, 0.05) is 14.1 Å². The number of nitriles is 1. The molecule has 3 heterocycles. The van der Waals surface area contributed by atoms with Crippen LogP contribution in [-0.4, -0.2) is 39.7 Å². The number of carbonyl (C=O) groups excluding carboxylic acids is 1. The van der Waals surface area contributed by atoms with Crippen LogP contribution in [0.15, 0.2) is 29.8 Å². The van der Waals surface area contributed by atoms with Gasteiger partial charge in [-0.2, -0.15) is 18.4 Å². The summed E-state index contributed by atoms with van der Waals surface area (Å²) in [4.78, 5) is 14.0. The Labute approximate surface area is 175 Å². The molecule has 0 spiro atoms. The first-order valence-corrected chi connectivity index (χ1v) is 9.20. The van der Waals surface area contributed by atoms with Crippen LogP contribution in [0.5, 0.6) is 11.8 Å². The molecule has 2 aliphatic heterocycles. The number of rotatable bonds is 2. The maximum Gasteiger partial charge on any atom is 0.417 e. The number of ether oxygens (including phenoxy) is 1. The smallest absolute Gasteiger partial charge is 0.417 e. The lowest BCUT2D eigenvalue weighted by Crippen LogP contribution is -2.33. The Bertz CT molecular complexity index is 1220. The molecule has 31 heavy (non-hydrogen) atoms. The molecule has 162 valence electrons. The van der Waals surface area contributed by atoms with Crippen molar-refractivity contribution in [1.29, 1.82) is 5.26 Å². The zero-order chi connectivity index (χ0) is 23.1. The van der Waals surface area contributed by atoms with Crippen LogP contribution < -0.4 is 0 Å². The van der Waals surface area contributed by atoms with E-state index in [0.717, 1.165) is 10.6 Å². The van der Waals surface area contributed by atoms with E-state index in [2.05, 4.69) is 0 Å². The molecule has 0 aliphatic carbocycles. The van der Waals surface area contributed by atoms with Gasteiger partial charge in [0.25, 0.3) is 5.91 Å². The third-order valence-electron chi connectivity index (χ3n) is 5.77. The number of hydrogen-bond acceptors (Lipinski definition) is 5. The van der Waals surface area contributed by atoms with Crippen molar-refractivity contribution in [2.75, 3.05) is 14.1 Å². The van der Waals surface area contributed by atoms with Gasteiger partial charge in [-0.3, -0.25) is 9.36 Å². The number of benzene rings is 1. The summed E-state index contributed by atoms with van der Waals surface area (Å²) in [5.74, 6) is -1.42. The second kappa shape index (κ2) is 6.04. The van der Waals surface area contributed by atoms with Crippen LogP contribution in [0.1, 0.15) is 36.1 Å². The minimum absolute atomic E-state index is 0.109. The molecule has 2 bridgehead atoms. The first kappa shape index (κ1) is 20.8. The molecule has 10 heteroatoms. The van der Waals surface area contributed by atoms with Crippen LogP contribution >= 0.6 is 0 Å². The van der Waals surface area contributed by atoms with E-state index >= 15 is 0 Å². The van der Waals surface area contributed by atoms with Crippen molar-refractivity contribution in [2.24, 2.45) is 0 Å². The Kier molecular flexibility index (Phi) is 4.06. The summed E-state index contributed by atoms with van der Waals surface area (Å²) in [5.41, 5.74) is -4.12. The van der Waals surface area contributed by atoms with Crippen molar-refractivity contribution >= 4 is 5.91 Å². The van der Waals surface area contributed by atoms with Crippen LogP contribution in [0.25, 0.3) is 5.69 Å². The number of amides is 1. The van der Waals surface area contributed by atoms with Gasteiger partial charge in [0.05, 0.1) is 39.6 Å². The number of nitrogens with zero attached hydrogens (tertiary/aromatic N) is 3. The summed E-state index contributed by atoms with van der Waals surface area (Å²) in [7, 11) is 3.11. The highest BCUT2D eigenvalue weighted by Crippen LogP contribution is 2.63. The number of halogens is 3. The minimum atomic E-state index is -4.81. The van der Waals surface area contributed by atoms with E-state index in [4.69, 9.17) is 10.00 Å². The summed E-state index contributed by atoms with van der Waals surface area (Å²) >= 11 is 0. The summed E-state index contributed by atoms with van der Waals surface area (Å²) < 4.78 is 47.1. The largest absolute Gasteiger partial charge is 0.494 e. The van der Waals surface area contributed by atoms with Crippen molar-refractivity contribution in [2.45, 2.75) is 31.2 Å². The molecule has 4 rings (SSSR count). The molecule has 1 aromatic heterocycles. The van der Waals surface area contributed by atoms with Crippen LogP contribution in [-0.2, 0) is 26.9 Å². The van der Waals surface area contributed by atoms with Crippen LogP contribution in [0, 0.1) is 11.3 Å². The number of carbonyl (C=O) groups is 1. The molecular weight excluding hydrogens is 415 g/mol. The zero-order valence-electron chi connectivity index (χ0n) is 17.0. The summed E-state index contributed by atoms with van der Waals surface area (Å²) in [6, 6.07) is 4.33. The molecule has 1 aromatic carbocycles. The minimum Gasteiger partial charge on any atom is -0.494 e. The molecule has 0 fully saturated rings. The van der Waals surface area contributed by atoms with Gasteiger partial charge in [-0.15, -0.1) is 0 Å². The number of likely N-dealkylation sites (N-methyl/N-ethyl adjacent to an activating group) is 1. The Morgan fingerprint density at radius 1 is 1.19 bits per heavy atom. The number of fused-ring (bicyclic) bond motifs is 5. The molecule has 0 saturated heterocycles. The van der Waals surface area contributed by atoms with Crippen molar-refractivity contribution in [3.8, 4) is 23.5 Å². The highest BCUT2D eigenvalue weighted by atomic mass is 19.4. The van der Waals surface area contributed by atoms with Crippen LogP contribution in [0.3, 0.4) is 0 Å². The average Bonchev–Trinajstić information content (AvgIpc) is 3.20. The molecule has 2 aromatic rings. The van der Waals surface area contributed by atoms with Gasteiger partial charge >= 0.3 is 6.18 Å². The first-order chi connectivity index (χ1) is 14.3. The van der Waals surface area contributed by atoms with Crippen LogP contribution in [0.2, 0.25) is 0 Å². The monoisotopic (exact) mass is 433 g/mol. The van der Waals surface area contributed by atoms with Crippen molar-refractivity contribution in [1.82, 2.24) is 9.47 Å². The second-order valence-corrected chi connectivity index (χ2v) is 8.07. The maximum atomic E-state index is 13.4. The Morgan fingerprint density at radius 2 is 1.81 bits per heavy atom. The predicted octanol–water partition coefficient (Wildman–Crippen LogP) is 3.27. The van der Waals surface area contributed by atoms with E-state index in [1.165, 1.54) is 17.0 Å². The fraction of sp³-hybridized carbons (Fsp3) is 0.333. The molecule has 0 saturated carbocycles. The molecule has 2 atom stereocenters. The molecule has 2 unspecified atom stereocenters. The van der Waals surface area contributed by atoms with Gasteiger partial charge in [-0.05, 0) is 38.1 Å². The number of aromatic nitrogens is 1. The molecule has 2 aliphatic rings. The predicted molar refractivity (Wildman–Crippen MR) is 101 cm³/mol. The SMILES string of the molecule is CN(C)C(=O)C1=CC2(C)OC1(C)c1c2c(O)n(-c2ccc(C#N)c(C(F)(F)F)c2)c1O. The lowest BCUT2D eigenvalue weighted by Gasteiger charge is -2.26. The number of alkyl halides is 3. The lowest BCUT2D eigenvalue weighted by molar-refractivity contribution is -0.137. The molecule has 7 nitrogen and oxygen atoms in total. The fourth-order valence-electron chi connectivity index (χ4n) is 4.45. The van der Waals surface area contributed by atoms with Crippen molar-refractivity contribution in [3.05, 3.63) is 52.1 Å². The van der Waals surface area contributed by atoms with Gasteiger partial charge in [0.2, 0.25) is 11.8 Å². The summed E-state index contributed by atoms with van der Waals surface area (Å²) in [5, 5.41) is 30.9. The Hall–Kier alpha value is -3.45. The highest BCUT2D eigenvalue weighted by Gasteiger charge is 2.62. The first-order valence-electron chi connectivity index (χ1n) is 9.20. The van der Waals surface area contributed by atoms with Gasteiger partial charge in [0.1, 0.15) is 11.2 Å². The topological polar surface area (TPSA) is 98.7 Å². The molecule has 2 N–H and O–H groups in total. The van der Waals surface area contributed by atoms with E-state index in [9.17, 15) is 28.2 Å². The summed E-state index contributed by atoms with van der Waals surface area (Å²) in [6.45, 7) is 3.15. The Balaban J connectivity index is 1.95. The van der Waals surface area contributed by atoms with E-state index in [1.807, 2.05) is 0 Å². The second-order valence-electron chi connectivity index (χ2n) is 8.07. The molecular formula is C21H18F3N3O4. The third kappa shape index (κ3) is 2.59. The standard InChI is InChI=1S/C21H18F3N3O4/c1-19-8-13(16(28)26(3)4)20(2,31-19)15-14(19)17(29)27(18(15)30)11-6-5-10(9-25)12(7-11)21(22,23)24/h5-8,29-30H,1-4H3. The van der Waals surface area contributed by atoms with Crippen LogP contribution in [0.4, 0.5) is 13.2 Å². The average molecular weight is 433 g/mol. The normalized spacial score (nSPS) is 24.0. The van der Waals surface area contributed by atoms with E-state index in [1.54, 1.807) is 34.0 Å².